The Morgan fingerprint density at radius 2 is 1.85 bits per heavy atom. The largest absolute Gasteiger partial charge is 0.485 e. The number of nitrogens with zero attached hydrogens (tertiary/aromatic N) is 5. The lowest BCUT2D eigenvalue weighted by molar-refractivity contribution is -0.142. The average molecular weight is 588 g/mol. The zero-order valence-electron chi connectivity index (χ0n) is 23.2. The highest BCUT2D eigenvalue weighted by atomic mass is 35.5. The summed E-state index contributed by atoms with van der Waals surface area (Å²) in [6.07, 6.45) is 6.17. The number of aliphatic imine (C=N–C) groups is 1. The van der Waals surface area contributed by atoms with Crippen molar-refractivity contribution < 1.29 is 23.4 Å². The second-order valence-corrected chi connectivity index (χ2v) is 10.3. The van der Waals surface area contributed by atoms with Gasteiger partial charge in [-0.3, -0.25) is 28.5 Å². The molecule has 0 saturated heterocycles. The maximum Gasteiger partial charge on any atom is 0.313 e. The topological polar surface area (TPSA) is 129 Å². The van der Waals surface area contributed by atoms with Crippen molar-refractivity contribution in [3.8, 4) is 5.75 Å². The average Bonchev–Trinajstić information content (AvgIpc) is 2.89. The Morgan fingerprint density at radius 3 is 2.46 bits per heavy atom. The van der Waals surface area contributed by atoms with Crippen molar-refractivity contribution in [2.24, 2.45) is 4.99 Å². The Balaban J connectivity index is 2.09. The van der Waals surface area contributed by atoms with Crippen LogP contribution in [0.1, 0.15) is 51.6 Å². The van der Waals surface area contributed by atoms with Gasteiger partial charge in [0.1, 0.15) is 41.1 Å². The number of carboxylic acids is 1. The molecule has 0 saturated carbocycles. The zero-order chi connectivity index (χ0) is 30.6. The van der Waals surface area contributed by atoms with E-state index in [1.165, 1.54) is 49.4 Å². The Morgan fingerprint density at radius 1 is 1.17 bits per heavy atom. The first-order valence-electron chi connectivity index (χ1n) is 12.2. The highest BCUT2D eigenvalue weighted by Gasteiger charge is 2.33. The number of halogens is 3. The Labute approximate surface area is 238 Å². The molecule has 10 nitrogen and oxygen atoms in total. The summed E-state index contributed by atoms with van der Waals surface area (Å²) in [6.45, 7) is 9.18. The molecule has 0 amide bonds. The van der Waals surface area contributed by atoms with Crippen LogP contribution in [0.4, 0.5) is 8.78 Å². The van der Waals surface area contributed by atoms with Crippen molar-refractivity contribution >= 4 is 29.6 Å². The zero-order valence-corrected chi connectivity index (χ0v) is 24.0. The molecule has 3 rings (SSSR count). The standard InChI is InChI=1S/C28H28ClF2N5O5/c1-15(2)9-34-24(36-14-32-11-19(25(36)37)28(5,6)27(39)40)16(3)12-35-17(4)7-22(23(29)26(35)38)41-13-21-20(31)8-18(30)10-33-21/h7-12,14H,13H2,1-6H3,(H,39,40)/b16-12+,34-24+. The molecule has 0 atom stereocenters. The van der Waals surface area contributed by atoms with Crippen LogP contribution in [-0.2, 0) is 16.8 Å². The van der Waals surface area contributed by atoms with Crippen LogP contribution in [0.15, 0.2) is 62.8 Å². The summed E-state index contributed by atoms with van der Waals surface area (Å²) < 4.78 is 34.9. The van der Waals surface area contributed by atoms with E-state index in [9.17, 15) is 28.3 Å². The minimum absolute atomic E-state index is 0.0375. The van der Waals surface area contributed by atoms with Gasteiger partial charge in [0.2, 0.25) is 0 Å². The van der Waals surface area contributed by atoms with Gasteiger partial charge < -0.3 is 9.84 Å². The quantitative estimate of drug-likeness (QED) is 0.298. The molecule has 3 aromatic heterocycles. The van der Waals surface area contributed by atoms with Crippen molar-refractivity contribution in [1.29, 1.82) is 0 Å². The van der Waals surface area contributed by atoms with E-state index in [0.717, 1.165) is 16.3 Å². The Hall–Kier alpha value is -4.45. The number of hydrogen-bond donors (Lipinski definition) is 1. The first-order valence-corrected chi connectivity index (χ1v) is 12.6. The van der Waals surface area contributed by atoms with Gasteiger partial charge >= 0.3 is 5.97 Å². The summed E-state index contributed by atoms with van der Waals surface area (Å²) >= 11 is 6.29. The van der Waals surface area contributed by atoms with E-state index in [1.54, 1.807) is 27.7 Å². The summed E-state index contributed by atoms with van der Waals surface area (Å²) in [7, 11) is 0. The third kappa shape index (κ3) is 6.83. The molecule has 0 aliphatic rings. The van der Waals surface area contributed by atoms with Crippen LogP contribution in [0.25, 0.3) is 6.20 Å². The molecular weight excluding hydrogens is 560 g/mol. The number of carboxylic acid groups (broad SMARTS) is 1. The van der Waals surface area contributed by atoms with Crippen LogP contribution < -0.4 is 15.9 Å². The van der Waals surface area contributed by atoms with Gasteiger partial charge in [0.05, 0.1) is 17.2 Å². The molecule has 3 heterocycles. The maximum atomic E-state index is 13.9. The minimum Gasteiger partial charge on any atom is -0.485 e. The number of ether oxygens (including phenoxy) is 1. The molecule has 13 heteroatoms. The third-order valence-electron chi connectivity index (χ3n) is 5.98. The van der Waals surface area contributed by atoms with Crippen molar-refractivity contribution in [3.05, 3.63) is 103 Å². The highest BCUT2D eigenvalue weighted by molar-refractivity contribution is 6.31. The van der Waals surface area contributed by atoms with Crippen LogP contribution in [0.5, 0.6) is 5.75 Å². The number of aliphatic carboxylic acids is 1. The van der Waals surface area contributed by atoms with Crippen LogP contribution in [-0.4, -0.2) is 36.0 Å². The van der Waals surface area contributed by atoms with E-state index in [-0.39, 0.29) is 27.9 Å². The normalized spacial score (nSPS) is 12.3. The molecule has 216 valence electrons. The number of aromatic nitrogens is 4. The predicted octanol–water partition coefficient (Wildman–Crippen LogP) is 4.71. The number of hydrogen-bond acceptors (Lipinski definition) is 7. The van der Waals surface area contributed by atoms with Crippen molar-refractivity contribution in [1.82, 2.24) is 19.1 Å². The van der Waals surface area contributed by atoms with E-state index in [4.69, 9.17) is 16.3 Å². The lowest BCUT2D eigenvalue weighted by atomic mass is 9.86. The summed E-state index contributed by atoms with van der Waals surface area (Å²) in [5, 5.41) is 9.33. The Bertz CT molecular complexity index is 1720. The molecular formula is C28H28ClF2N5O5. The van der Waals surface area contributed by atoms with Gasteiger partial charge in [-0.1, -0.05) is 17.2 Å². The molecule has 3 aromatic rings. The summed E-state index contributed by atoms with van der Waals surface area (Å²) in [6, 6.07) is 2.11. The fourth-order valence-corrected chi connectivity index (χ4v) is 3.76. The van der Waals surface area contributed by atoms with Gasteiger partial charge in [-0.05, 0) is 41.5 Å². The molecule has 0 radical (unpaired) electrons. The fraction of sp³-hybridized carbons (Fsp3) is 0.286. The third-order valence-corrected chi connectivity index (χ3v) is 6.33. The highest BCUT2D eigenvalue weighted by Crippen LogP contribution is 2.24. The lowest BCUT2D eigenvalue weighted by Gasteiger charge is -2.20. The number of pyridine rings is 2. The summed E-state index contributed by atoms with van der Waals surface area (Å²) in [4.78, 5) is 50.5. The number of rotatable bonds is 8. The van der Waals surface area contributed by atoms with Crippen molar-refractivity contribution in [2.75, 3.05) is 0 Å². The van der Waals surface area contributed by atoms with Gasteiger partial charge in [-0.2, -0.15) is 0 Å². The molecule has 0 aliphatic carbocycles. The molecule has 0 fully saturated rings. The van der Waals surface area contributed by atoms with Crippen LogP contribution in [0, 0.1) is 18.6 Å². The SMILES string of the molecule is CC(C)=C/N=C(\C(C)=C\n1c(C)cc(OCc2ncc(F)cc2F)c(Cl)c1=O)n1cncc(C(C)(C)C(=O)O)c1=O. The van der Waals surface area contributed by atoms with Crippen molar-refractivity contribution in [2.45, 2.75) is 53.6 Å². The maximum absolute atomic E-state index is 13.9. The van der Waals surface area contributed by atoms with Crippen LogP contribution in [0.3, 0.4) is 0 Å². The molecule has 1 N–H and O–H groups in total. The second kappa shape index (κ2) is 12.4. The van der Waals surface area contributed by atoms with E-state index in [1.807, 2.05) is 0 Å². The minimum atomic E-state index is -1.53. The molecule has 0 bridgehead atoms. The fourth-order valence-electron chi connectivity index (χ4n) is 3.56. The van der Waals surface area contributed by atoms with E-state index < -0.39 is 40.7 Å². The number of aryl methyl sites for hydroxylation is 1. The van der Waals surface area contributed by atoms with Gasteiger partial charge in [-0.15, -0.1) is 0 Å². The van der Waals surface area contributed by atoms with Crippen molar-refractivity contribution in [3.63, 3.8) is 0 Å². The van der Waals surface area contributed by atoms with E-state index in [2.05, 4.69) is 15.0 Å². The lowest BCUT2D eigenvalue weighted by Crippen LogP contribution is -2.39. The molecule has 0 aromatic carbocycles. The van der Waals surface area contributed by atoms with Gasteiger partial charge in [-0.25, -0.2) is 18.8 Å². The van der Waals surface area contributed by atoms with Crippen LogP contribution >= 0.6 is 11.6 Å². The summed E-state index contributed by atoms with van der Waals surface area (Å²) in [5.41, 5.74) is -1.57. The molecule has 0 aliphatic heterocycles. The number of carbonyl (C=O) groups is 1. The first-order chi connectivity index (χ1) is 19.1. The molecule has 0 spiro atoms. The molecule has 0 unspecified atom stereocenters. The van der Waals surface area contributed by atoms with Gasteiger partial charge in [0.25, 0.3) is 11.1 Å². The smallest absolute Gasteiger partial charge is 0.313 e. The second-order valence-electron chi connectivity index (χ2n) is 9.89. The van der Waals surface area contributed by atoms with Crippen LogP contribution in [0.2, 0.25) is 5.02 Å². The Kier molecular flexibility index (Phi) is 9.38. The summed E-state index contributed by atoms with van der Waals surface area (Å²) in [5.74, 6) is -2.90. The van der Waals surface area contributed by atoms with Gasteiger partial charge in [0, 0.05) is 42.0 Å². The van der Waals surface area contributed by atoms with E-state index >= 15 is 0 Å². The van der Waals surface area contributed by atoms with Gasteiger partial charge in [0.15, 0.2) is 5.82 Å². The number of allylic oxidation sites excluding steroid dienone is 2. The predicted molar refractivity (Wildman–Crippen MR) is 150 cm³/mol. The monoisotopic (exact) mass is 587 g/mol. The molecule has 41 heavy (non-hydrogen) atoms. The van der Waals surface area contributed by atoms with E-state index in [0.29, 0.717) is 17.3 Å². The first kappa shape index (κ1) is 31.1.